The number of rotatable bonds is 6. The Labute approximate surface area is 172 Å². The molecule has 0 spiro atoms. The third-order valence-corrected chi connectivity index (χ3v) is 5.80. The standard InChI is InChI=1S/C22H20N4O2S/c1-24(2)17-10-11-18-20(13-17)25(14-16-7-5-6-12-23-16)15-22(18)29-21-9-4-3-8-19(21)26(27)28/h3-13,15H,14H2,1-2H3. The summed E-state index contributed by atoms with van der Waals surface area (Å²) in [5.41, 5.74) is 3.25. The van der Waals surface area contributed by atoms with Crippen LogP contribution in [0.4, 0.5) is 11.4 Å². The number of fused-ring (bicyclic) bond motifs is 1. The van der Waals surface area contributed by atoms with Gasteiger partial charge in [0.25, 0.3) is 5.69 Å². The molecule has 146 valence electrons. The second kappa shape index (κ2) is 7.97. The maximum Gasteiger partial charge on any atom is 0.283 e. The topological polar surface area (TPSA) is 64.2 Å². The van der Waals surface area contributed by atoms with E-state index in [9.17, 15) is 10.1 Å². The number of aromatic nitrogens is 2. The van der Waals surface area contributed by atoms with E-state index in [1.54, 1.807) is 24.4 Å². The molecule has 0 aliphatic heterocycles. The maximum absolute atomic E-state index is 11.4. The van der Waals surface area contributed by atoms with Crippen molar-refractivity contribution in [3.63, 3.8) is 0 Å². The van der Waals surface area contributed by atoms with E-state index in [1.807, 2.05) is 38.4 Å². The zero-order chi connectivity index (χ0) is 20.4. The first-order valence-corrected chi connectivity index (χ1v) is 9.96. The number of benzene rings is 2. The smallest absolute Gasteiger partial charge is 0.283 e. The highest BCUT2D eigenvalue weighted by atomic mass is 32.2. The van der Waals surface area contributed by atoms with Crippen LogP contribution in [0.3, 0.4) is 0 Å². The number of pyridine rings is 1. The van der Waals surface area contributed by atoms with Gasteiger partial charge < -0.3 is 9.47 Å². The van der Waals surface area contributed by atoms with Crippen molar-refractivity contribution in [2.24, 2.45) is 0 Å². The van der Waals surface area contributed by atoms with Crippen molar-refractivity contribution in [3.05, 3.63) is 88.9 Å². The van der Waals surface area contributed by atoms with Gasteiger partial charge in [0.2, 0.25) is 0 Å². The van der Waals surface area contributed by atoms with Crippen LogP contribution < -0.4 is 4.90 Å². The first-order chi connectivity index (χ1) is 14.0. The number of anilines is 1. The first-order valence-electron chi connectivity index (χ1n) is 9.14. The Bertz CT molecular complexity index is 1170. The van der Waals surface area contributed by atoms with Crippen molar-refractivity contribution >= 4 is 34.0 Å². The minimum absolute atomic E-state index is 0.119. The molecule has 6 nitrogen and oxygen atoms in total. The van der Waals surface area contributed by atoms with Crippen LogP contribution in [0.25, 0.3) is 10.9 Å². The van der Waals surface area contributed by atoms with E-state index >= 15 is 0 Å². The Hall–Kier alpha value is -3.32. The van der Waals surface area contributed by atoms with E-state index in [4.69, 9.17) is 0 Å². The van der Waals surface area contributed by atoms with Crippen molar-refractivity contribution in [3.8, 4) is 0 Å². The summed E-state index contributed by atoms with van der Waals surface area (Å²) < 4.78 is 2.15. The summed E-state index contributed by atoms with van der Waals surface area (Å²) in [4.78, 5) is 19.2. The monoisotopic (exact) mass is 404 g/mol. The molecule has 0 amide bonds. The molecule has 0 saturated heterocycles. The molecule has 0 bridgehead atoms. The predicted molar refractivity (Wildman–Crippen MR) is 117 cm³/mol. The van der Waals surface area contributed by atoms with Gasteiger partial charge in [-0.1, -0.05) is 30.0 Å². The summed E-state index contributed by atoms with van der Waals surface area (Å²) in [6.45, 7) is 0.631. The third kappa shape index (κ3) is 3.95. The Morgan fingerprint density at radius 1 is 1.07 bits per heavy atom. The van der Waals surface area contributed by atoms with Crippen molar-refractivity contribution < 1.29 is 4.92 Å². The number of hydrogen-bond donors (Lipinski definition) is 0. The molecule has 4 aromatic rings. The van der Waals surface area contributed by atoms with E-state index in [-0.39, 0.29) is 10.6 Å². The molecule has 2 aromatic carbocycles. The van der Waals surface area contributed by atoms with Gasteiger partial charge in [0.05, 0.1) is 27.6 Å². The molecule has 0 unspecified atom stereocenters. The van der Waals surface area contributed by atoms with E-state index in [0.717, 1.165) is 27.2 Å². The summed E-state index contributed by atoms with van der Waals surface area (Å²) in [5.74, 6) is 0. The highest BCUT2D eigenvalue weighted by Gasteiger charge is 2.17. The Balaban J connectivity index is 1.81. The van der Waals surface area contributed by atoms with Crippen LogP contribution in [0.15, 0.2) is 82.8 Å². The summed E-state index contributed by atoms with van der Waals surface area (Å²) in [7, 11) is 4.02. The molecule has 0 N–H and O–H groups in total. The van der Waals surface area contributed by atoms with Crippen molar-refractivity contribution in [2.75, 3.05) is 19.0 Å². The molecule has 4 rings (SSSR count). The largest absolute Gasteiger partial charge is 0.378 e. The summed E-state index contributed by atoms with van der Waals surface area (Å²) in [5, 5.41) is 12.5. The fourth-order valence-corrected chi connectivity index (χ4v) is 4.31. The SMILES string of the molecule is CN(C)c1ccc2c(Sc3ccccc3[N+](=O)[O-])cn(Cc3ccccn3)c2c1. The molecule has 0 aliphatic rings. The van der Waals surface area contributed by atoms with Gasteiger partial charge >= 0.3 is 0 Å². The van der Waals surface area contributed by atoms with Crippen molar-refractivity contribution in [2.45, 2.75) is 16.3 Å². The van der Waals surface area contributed by atoms with Gasteiger partial charge in [-0.15, -0.1) is 0 Å². The van der Waals surface area contributed by atoms with Crippen LogP contribution >= 0.6 is 11.8 Å². The molecule has 0 atom stereocenters. The number of nitro groups is 1. The lowest BCUT2D eigenvalue weighted by atomic mass is 10.2. The lowest BCUT2D eigenvalue weighted by molar-refractivity contribution is -0.387. The van der Waals surface area contributed by atoms with Crippen LogP contribution in [0.2, 0.25) is 0 Å². The van der Waals surface area contributed by atoms with Crippen molar-refractivity contribution in [1.82, 2.24) is 9.55 Å². The number of para-hydroxylation sites is 1. The van der Waals surface area contributed by atoms with Crippen molar-refractivity contribution in [1.29, 1.82) is 0 Å². The number of nitrogens with zero attached hydrogens (tertiary/aromatic N) is 4. The van der Waals surface area contributed by atoms with Gasteiger partial charge in [-0.3, -0.25) is 15.1 Å². The highest BCUT2D eigenvalue weighted by Crippen LogP contribution is 2.40. The van der Waals surface area contributed by atoms with E-state index in [0.29, 0.717) is 11.4 Å². The maximum atomic E-state index is 11.4. The normalized spacial score (nSPS) is 11.0. The first kappa shape index (κ1) is 19.0. The zero-order valence-corrected chi connectivity index (χ0v) is 17.0. The summed E-state index contributed by atoms with van der Waals surface area (Å²) >= 11 is 1.42. The Kier molecular flexibility index (Phi) is 5.22. The highest BCUT2D eigenvalue weighted by molar-refractivity contribution is 7.99. The number of nitro benzene ring substituents is 1. The lowest BCUT2D eigenvalue weighted by Crippen LogP contribution is -2.08. The van der Waals surface area contributed by atoms with E-state index < -0.39 is 0 Å². The fraction of sp³-hybridized carbons (Fsp3) is 0.136. The van der Waals surface area contributed by atoms with Gasteiger partial charge in [-0.2, -0.15) is 0 Å². The van der Waals surface area contributed by atoms with E-state index in [1.165, 1.54) is 11.8 Å². The molecular weight excluding hydrogens is 384 g/mol. The Morgan fingerprint density at radius 2 is 1.86 bits per heavy atom. The lowest BCUT2D eigenvalue weighted by Gasteiger charge is -2.13. The van der Waals surface area contributed by atoms with Crippen LogP contribution in [-0.4, -0.2) is 28.6 Å². The molecule has 29 heavy (non-hydrogen) atoms. The average molecular weight is 404 g/mol. The van der Waals surface area contributed by atoms with Gasteiger partial charge in [0.1, 0.15) is 0 Å². The fourth-order valence-electron chi connectivity index (χ4n) is 3.22. The van der Waals surface area contributed by atoms with Gasteiger partial charge in [-0.05, 0) is 36.4 Å². The second-order valence-electron chi connectivity index (χ2n) is 6.87. The van der Waals surface area contributed by atoms with Gasteiger partial charge in [0, 0.05) is 48.5 Å². The van der Waals surface area contributed by atoms with Crippen LogP contribution in [-0.2, 0) is 6.54 Å². The van der Waals surface area contributed by atoms with E-state index in [2.05, 4.69) is 38.8 Å². The zero-order valence-electron chi connectivity index (χ0n) is 16.1. The molecule has 0 saturated carbocycles. The molecule has 2 aromatic heterocycles. The van der Waals surface area contributed by atoms with Crippen LogP contribution in [0.5, 0.6) is 0 Å². The van der Waals surface area contributed by atoms with Crippen LogP contribution in [0, 0.1) is 10.1 Å². The Morgan fingerprint density at radius 3 is 2.59 bits per heavy atom. The molecule has 2 heterocycles. The molecular formula is C22H20N4O2S. The predicted octanol–water partition coefficient (Wildman–Crippen LogP) is 5.21. The van der Waals surface area contributed by atoms with Gasteiger partial charge in [-0.25, -0.2) is 0 Å². The minimum Gasteiger partial charge on any atom is -0.378 e. The third-order valence-electron chi connectivity index (χ3n) is 4.69. The minimum atomic E-state index is -0.334. The quantitative estimate of drug-likeness (QED) is 0.326. The second-order valence-corrected chi connectivity index (χ2v) is 7.95. The molecule has 0 aliphatic carbocycles. The summed E-state index contributed by atoms with van der Waals surface area (Å²) in [6.07, 6.45) is 3.84. The summed E-state index contributed by atoms with van der Waals surface area (Å²) in [6, 6.07) is 19.0. The van der Waals surface area contributed by atoms with Crippen LogP contribution in [0.1, 0.15) is 5.69 Å². The molecule has 0 fully saturated rings. The van der Waals surface area contributed by atoms with Gasteiger partial charge in [0.15, 0.2) is 0 Å². The number of hydrogen-bond acceptors (Lipinski definition) is 5. The molecule has 7 heteroatoms. The average Bonchev–Trinajstić information content (AvgIpc) is 3.05. The molecule has 0 radical (unpaired) electrons.